The topological polar surface area (TPSA) is 126 Å². The van der Waals surface area contributed by atoms with Crippen molar-refractivity contribution in [2.24, 2.45) is 5.73 Å². The monoisotopic (exact) mass is 438 g/mol. The Morgan fingerprint density at radius 1 is 1.16 bits per heavy atom. The van der Waals surface area contributed by atoms with Crippen LogP contribution in [0.15, 0.2) is 51.1 Å². The van der Waals surface area contributed by atoms with Gasteiger partial charge in [-0.1, -0.05) is 22.9 Å². The average Bonchev–Trinajstić information content (AvgIpc) is 3.34. The van der Waals surface area contributed by atoms with Gasteiger partial charge in [0.15, 0.2) is 5.65 Å². The van der Waals surface area contributed by atoms with Crippen molar-refractivity contribution in [1.29, 1.82) is 0 Å². The number of aromatic amines is 1. The van der Waals surface area contributed by atoms with Crippen LogP contribution in [0.5, 0.6) is 0 Å². The minimum absolute atomic E-state index is 0.0488. The van der Waals surface area contributed by atoms with Crippen LogP contribution in [-0.4, -0.2) is 47.4 Å². The molecule has 0 saturated carbocycles. The number of sulfone groups is 1. The van der Waals surface area contributed by atoms with E-state index in [2.05, 4.69) is 20.2 Å². The standard InChI is InChI=1S/C21H22N6O3S/c1-12-3-6-18(13(2)9-12)31(29,30)21-19-23-20(28)16-5-4-15(26-8-7-14(22)11-26)10-17(16)27(19)25-24-21/h3-6,9-10,14H,7-8,11,22H2,1-2H3,(H,23,28)/t14-/m1/s1. The van der Waals surface area contributed by atoms with Crippen molar-refractivity contribution in [3.05, 3.63) is 57.9 Å². The zero-order chi connectivity index (χ0) is 21.9. The van der Waals surface area contributed by atoms with Gasteiger partial charge in [0.05, 0.1) is 15.8 Å². The molecule has 1 aliphatic heterocycles. The van der Waals surface area contributed by atoms with Crippen molar-refractivity contribution >= 4 is 32.1 Å². The lowest BCUT2D eigenvalue weighted by atomic mass is 10.2. The third kappa shape index (κ3) is 3.10. The first-order valence-corrected chi connectivity index (χ1v) is 11.5. The van der Waals surface area contributed by atoms with Crippen LogP contribution in [0.2, 0.25) is 0 Å². The summed E-state index contributed by atoms with van der Waals surface area (Å²) in [6.45, 7) is 5.17. The van der Waals surface area contributed by atoms with Crippen LogP contribution in [-0.2, 0) is 9.84 Å². The van der Waals surface area contributed by atoms with Gasteiger partial charge in [-0.25, -0.2) is 8.42 Å². The van der Waals surface area contributed by atoms with Crippen LogP contribution >= 0.6 is 0 Å². The molecular weight excluding hydrogens is 416 g/mol. The van der Waals surface area contributed by atoms with Crippen molar-refractivity contribution in [2.75, 3.05) is 18.0 Å². The SMILES string of the molecule is Cc1ccc(S(=O)(=O)c2nnn3c2[nH]c(=O)c2ccc(N4CC[C@@H](N)C4)cc23)c(C)c1. The van der Waals surface area contributed by atoms with Crippen LogP contribution in [0.1, 0.15) is 17.5 Å². The van der Waals surface area contributed by atoms with Crippen molar-refractivity contribution in [1.82, 2.24) is 19.8 Å². The minimum atomic E-state index is -3.98. The maximum atomic E-state index is 13.3. The fourth-order valence-corrected chi connectivity index (χ4v) is 5.68. The molecule has 0 spiro atoms. The fraction of sp³-hybridized carbons (Fsp3) is 0.286. The van der Waals surface area contributed by atoms with Crippen LogP contribution in [0, 0.1) is 13.8 Å². The number of hydrogen-bond donors (Lipinski definition) is 2. The van der Waals surface area contributed by atoms with Crippen LogP contribution in [0.3, 0.4) is 0 Å². The molecule has 1 saturated heterocycles. The Bertz CT molecular complexity index is 1510. The molecule has 9 nitrogen and oxygen atoms in total. The number of aryl methyl sites for hydroxylation is 2. The van der Waals surface area contributed by atoms with E-state index >= 15 is 0 Å². The first-order valence-electron chi connectivity index (χ1n) is 10.00. The van der Waals surface area contributed by atoms with E-state index in [9.17, 15) is 13.2 Å². The average molecular weight is 439 g/mol. The lowest BCUT2D eigenvalue weighted by Gasteiger charge is -2.18. The van der Waals surface area contributed by atoms with E-state index in [-0.39, 0.29) is 21.6 Å². The number of rotatable bonds is 3. The molecule has 0 bridgehead atoms. The highest BCUT2D eigenvalue weighted by Crippen LogP contribution is 2.28. The smallest absolute Gasteiger partial charge is 0.259 e. The van der Waals surface area contributed by atoms with Gasteiger partial charge in [-0.05, 0) is 50.1 Å². The second-order valence-electron chi connectivity index (χ2n) is 8.08. The van der Waals surface area contributed by atoms with Crippen molar-refractivity contribution in [3.63, 3.8) is 0 Å². The summed E-state index contributed by atoms with van der Waals surface area (Å²) in [6.07, 6.45) is 0.893. The molecule has 3 N–H and O–H groups in total. The van der Waals surface area contributed by atoms with Gasteiger partial charge in [0, 0.05) is 24.8 Å². The number of anilines is 1. The Balaban J connectivity index is 1.72. The number of benzene rings is 2. The van der Waals surface area contributed by atoms with E-state index in [0.29, 0.717) is 16.5 Å². The number of nitrogens with one attached hydrogen (secondary N) is 1. The summed E-state index contributed by atoms with van der Waals surface area (Å²) in [7, 11) is -3.98. The van der Waals surface area contributed by atoms with Crippen LogP contribution in [0.4, 0.5) is 5.69 Å². The molecule has 10 heteroatoms. The third-order valence-corrected chi connectivity index (χ3v) is 7.61. The minimum Gasteiger partial charge on any atom is -0.370 e. The summed E-state index contributed by atoms with van der Waals surface area (Å²) in [6, 6.07) is 10.6. The zero-order valence-electron chi connectivity index (χ0n) is 17.2. The Morgan fingerprint density at radius 3 is 2.68 bits per heavy atom. The Labute approximate surface area is 178 Å². The summed E-state index contributed by atoms with van der Waals surface area (Å²) in [4.78, 5) is 17.7. The Morgan fingerprint density at radius 2 is 1.97 bits per heavy atom. The maximum Gasteiger partial charge on any atom is 0.259 e. The van der Waals surface area contributed by atoms with Crippen molar-refractivity contribution in [3.8, 4) is 0 Å². The highest BCUT2D eigenvalue weighted by Gasteiger charge is 2.28. The molecule has 1 aliphatic rings. The van der Waals surface area contributed by atoms with E-state index in [0.717, 1.165) is 30.8 Å². The summed E-state index contributed by atoms with van der Waals surface area (Å²) in [5, 5.41) is 8.17. The number of nitrogens with two attached hydrogens (primary N) is 1. The number of nitrogens with zero attached hydrogens (tertiary/aromatic N) is 4. The molecule has 1 atom stereocenters. The molecule has 3 heterocycles. The Kier molecular flexibility index (Phi) is 4.38. The highest BCUT2D eigenvalue weighted by molar-refractivity contribution is 7.91. The quantitative estimate of drug-likeness (QED) is 0.497. The predicted octanol–water partition coefficient (Wildman–Crippen LogP) is 1.56. The molecule has 2 aromatic heterocycles. The van der Waals surface area contributed by atoms with E-state index in [4.69, 9.17) is 5.73 Å². The molecule has 2 aromatic carbocycles. The van der Waals surface area contributed by atoms with Crippen molar-refractivity contribution < 1.29 is 8.42 Å². The molecular formula is C21H22N6O3S. The second-order valence-corrected chi connectivity index (χ2v) is 9.91. The molecule has 0 aliphatic carbocycles. The Hall–Kier alpha value is -3.24. The number of H-pyrrole nitrogens is 1. The summed E-state index contributed by atoms with van der Waals surface area (Å²) in [5.41, 5.74) is 8.64. The van der Waals surface area contributed by atoms with Crippen LogP contribution in [0.25, 0.3) is 16.6 Å². The molecule has 0 unspecified atom stereocenters. The molecule has 31 heavy (non-hydrogen) atoms. The zero-order valence-corrected chi connectivity index (χ0v) is 18.0. The van der Waals surface area contributed by atoms with Gasteiger partial charge >= 0.3 is 0 Å². The van der Waals surface area contributed by atoms with E-state index < -0.39 is 15.4 Å². The lowest BCUT2D eigenvalue weighted by Crippen LogP contribution is -2.26. The number of aromatic nitrogens is 4. The van der Waals surface area contributed by atoms with Gasteiger partial charge in [-0.3, -0.25) is 4.79 Å². The second kappa shape index (κ2) is 6.89. The fourth-order valence-electron chi connectivity index (χ4n) is 4.21. The lowest BCUT2D eigenvalue weighted by molar-refractivity contribution is 0.592. The van der Waals surface area contributed by atoms with Gasteiger partial charge in [0.2, 0.25) is 14.9 Å². The highest BCUT2D eigenvalue weighted by atomic mass is 32.2. The molecule has 0 radical (unpaired) electrons. The largest absolute Gasteiger partial charge is 0.370 e. The summed E-state index contributed by atoms with van der Waals surface area (Å²) in [5.74, 6) is 0. The van der Waals surface area contributed by atoms with E-state index in [1.165, 1.54) is 4.52 Å². The van der Waals surface area contributed by atoms with E-state index in [1.54, 1.807) is 31.2 Å². The third-order valence-electron chi connectivity index (χ3n) is 5.79. The molecule has 4 aromatic rings. The summed E-state index contributed by atoms with van der Waals surface area (Å²) < 4.78 is 28.1. The summed E-state index contributed by atoms with van der Waals surface area (Å²) >= 11 is 0. The van der Waals surface area contributed by atoms with Gasteiger partial charge in [0.25, 0.3) is 5.56 Å². The first-order chi connectivity index (χ1) is 14.8. The van der Waals surface area contributed by atoms with Gasteiger partial charge < -0.3 is 15.6 Å². The molecule has 5 rings (SSSR count). The molecule has 1 fully saturated rings. The number of hydrogen-bond acceptors (Lipinski definition) is 7. The number of fused-ring (bicyclic) bond motifs is 3. The van der Waals surface area contributed by atoms with E-state index in [1.807, 2.05) is 19.1 Å². The maximum absolute atomic E-state index is 13.3. The predicted molar refractivity (Wildman–Crippen MR) is 117 cm³/mol. The van der Waals surface area contributed by atoms with Crippen LogP contribution < -0.4 is 16.2 Å². The van der Waals surface area contributed by atoms with Gasteiger partial charge in [-0.2, -0.15) is 4.52 Å². The van der Waals surface area contributed by atoms with Gasteiger partial charge in [-0.15, -0.1) is 5.10 Å². The molecule has 0 amide bonds. The van der Waals surface area contributed by atoms with Crippen molar-refractivity contribution in [2.45, 2.75) is 36.2 Å². The molecule has 160 valence electrons. The van der Waals surface area contributed by atoms with Gasteiger partial charge in [0.1, 0.15) is 0 Å². The normalized spacial score (nSPS) is 17.1. The first kappa shape index (κ1) is 19.7.